The van der Waals surface area contributed by atoms with Crippen LogP contribution in [0.15, 0.2) is 24.3 Å². The fraction of sp³-hybridized carbons (Fsp3) is 0.154. The van der Waals surface area contributed by atoms with Gasteiger partial charge in [-0.1, -0.05) is 12.1 Å². The lowest BCUT2D eigenvalue weighted by atomic mass is 10.2. The van der Waals surface area contributed by atoms with E-state index in [1.165, 1.54) is 0 Å². The van der Waals surface area contributed by atoms with Crippen molar-refractivity contribution in [3.8, 4) is 17.8 Å². The van der Waals surface area contributed by atoms with Crippen LogP contribution < -0.4 is 10.5 Å². The number of ether oxygens (including phenoxy) is 1. The zero-order chi connectivity index (χ0) is 13.1. The average molecular weight is 240 g/mol. The number of aryl methyl sites for hydroxylation is 2. The van der Waals surface area contributed by atoms with E-state index < -0.39 is 0 Å². The maximum absolute atomic E-state index is 8.84. The van der Waals surface area contributed by atoms with Crippen molar-refractivity contribution in [1.29, 1.82) is 5.26 Å². The second kappa shape index (κ2) is 4.72. The number of hydrogen-bond donors (Lipinski definition) is 1. The molecule has 0 fully saturated rings. The highest BCUT2D eigenvalue weighted by atomic mass is 16.5. The highest BCUT2D eigenvalue weighted by molar-refractivity contribution is 5.57. The molecule has 1 aromatic heterocycles. The molecule has 2 rings (SSSR count). The van der Waals surface area contributed by atoms with Crippen molar-refractivity contribution in [1.82, 2.24) is 9.97 Å². The van der Waals surface area contributed by atoms with Gasteiger partial charge in [0.05, 0.1) is 5.69 Å². The van der Waals surface area contributed by atoms with Gasteiger partial charge in [-0.25, -0.2) is 4.98 Å². The van der Waals surface area contributed by atoms with Crippen LogP contribution in [0.4, 0.5) is 5.69 Å². The Kier molecular flexibility index (Phi) is 3.11. The van der Waals surface area contributed by atoms with Crippen LogP contribution in [0.5, 0.6) is 11.8 Å². The summed E-state index contributed by atoms with van der Waals surface area (Å²) in [5, 5.41) is 8.84. The zero-order valence-corrected chi connectivity index (χ0v) is 10.1. The fourth-order valence-corrected chi connectivity index (χ4v) is 1.55. The molecule has 90 valence electrons. The number of aromatic nitrogens is 2. The number of hydrogen-bond acceptors (Lipinski definition) is 5. The van der Waals surface area contributed by atoms with E-state index in [0.29, 0.717) is 17.1 Å². The number of para-hydroxylation sites is 1. The molecule has 0 aliphatic heterocycles. The molecule has 0 spiro atoms. The normalized spacial score (nSPS) is 9.83. The Morgan fingerprint density at radius 2 is 2.06 bits per heavy atom. The van der Waals surface area contributed by atoms with Crippen LogP contribution in [0.2, 0.25) is 0 Å². The van der Waals surface area contributed by atoms with Crippen LogP contribution in [0.25, 0.3) is 0 Å². The SMILES string of the molecule is Cc1cc(C#N)nc(Oc2c(C)cccc2N)n1. The van der Waals surface area contributed by atoms with Crippen molar-refractivity contribution in [3.63, 3.8) is 0 Å². The van der Waals surface area contributed by atoms with E-state index >= 15 is 0 Å². The number of anilines is 1. The summed E-state index contributed by atoms with van der Waals surface area (Å²) in [4.78, 5) is 8.10. The number of rotatable bonds is 2. The molecule has 0 unspecified atom stereocenters. The van der Waals surface area contributed by atoms with E-state index in [1.807, 2.05) is 25.1 Å². The Bertz CT molecular complexity index is 611. The molecule has 0 aliphatic carbocycles. The molecule has 0 radical (unpaired) electrons. The highest BCUT2D eigenvalue weighted by Gasteiger charge is 2.09. The summed E-state index contributed by atoms with van der Waals surface area (Å²) in [7, 11) is 0. The molecule has 0 atom stereocenters. The minimum Gasteiger partial charge on any atom is -0.422 e. The van der Waals surface area contributed by atoms with Crippen LogP contribution in [-0.4, -0.2) is 9.97 Å². The Morgan fingerprint density at radius 1 is 1.28 bits per heavy atom. The molecule has 2 N–H and O–H groups in total. The van der Waals surface area contributed by atoms with E-state index in [4.69, 9.17) is 15.7 Å². The summed E-state index contributed by atoms with van der Waals surface area (Å²) in [5.74, 6) is 0.520. The summed E-state index contributed by atoms with van der Waals surface area (Å²) in [6.07, 6.45) is 0. The van der Waals surface area contributed by atoms with Crippen LogP contribution >= 0.6 is 0 Å². The van der Waals surface area contributed by atoms with E-state index in [1.54, 1.807) is 19.1 Å². The van der Waals surface area contributed by atoms with Gasteiger partial charge in [-0.3, -0.25) is 0 Å². The van der Waals surface area contributed by atoms with Gasteiger partial charge in [0, 0.05) is 5.69 Å². The number of nitriles is 1. The van der Waals surface area contributed by atoms with Crippen molar-refractivity contribution in [2.24, 2.45) is 0 Å². The van der Waals surface area contributed by atoms with Gasteiger partial charge < -0.3 is 10.5 Å². The first-order valence-electron chi connectivity index (χ1n) is 5.39. The van der Waals surface area contributed by atoms with Crippen molar-refractivity contribution >= 4 is 5.69 Å². The molecule has 0 saturated carbocycles. The predicted octanol–water partition coefficient (Wildman–Crippen LogP) is 2.34. The summed E-state index contributed by atoms with van der Waals surface area (Å²) in [5.41, 5.74) is 8.17. The quantitative estimate of drug-likeness (QED) is 0.814. The van der Waals surface area contributed by atoms with E-state index in [-0.39, 0.29) is 11.7 Å². The van der Waals surface area contributed by atoms with Gasteiger partial charge >= 0.3 is 6.01 Å². The van der Waals surface area contributed by atoms with Gasteiger partial charge in [-0.2, -0.15) is 10.2 Å². The van der Waals surface area contributed by atoms with Crippen molar-refractivity contribution in [2.75, 3.05) is 5.73 Å². The lowest BCUT2D eigenvalue weighted by Gasteiger charge is -2.09. The molecule has 5 nitrogen and oxygen atoms in total. The van der Waals surface area contributed by atoms with Gasteiger partial charge in [0.15, 0.2) is 5.75 Å². The second-order valence-electron chi connectivity index (χ2n) is 3.88. The Hall–Kier alpha value is -2.61. The maximum atomic E-state index is 8.84. The first-order valence-corrected chi connectivity index (χ1v) is 5.39. The molecular formula is C13H12N4O. The van der Waals surface area contributed by atoms with E-state index in [9.17, 15) is 0 Å². The highest BCUT2D eigenvalue weighted by Crippen LogP contribution is 2.29. The summed E-state index contributed by atoms with van der Waals surface area (Å²) >= 11 is 0. The van der Waals surface area contributed by atoms with Crippen molar-refractivity contribution in [3.05, 3.63) is 41.2 Å². The third-order valence-electron chi connectivity index (χ3n) is 2.38. The monoisotopic (exact) mass is 240 g/mol. The standard InChI is InChI=1S/C13H12N4O/c1-8-4-3-5-11(15)12(8)18-13-16-9(2)6-10(7-14)17-13/h3-6H,15H2,1-2H3. The predicted molar refractivity (Wildman–Crippen MR) is 67.1 cm³/mol. The first-order chi connectivity index (χ1) is 8.60. The lowest BCUT2D eigenvalue weighted by Crippen LogP contribution is -2.00. The summed E-state index contributed by atoms with van der Waals surface area (Å²) in [6, 6.07) is 9.15. The minimum atomic E-state index is 0.132. The maximum Gasteiger partial charge on any atom is 0.323 e. The van der Waals surface area contributed by atoms with Gasteiger partial charge in [0.1, 0.15) is 11.8 Å². The smallest absolute Gasteiger partial charge is 0.323 e. The molecule has 0 saturated heterocycles. The van der Waals surface area contributed by atoms with Gasteiger partial charge in [-0.05, 0) is 31.5 Å². The van der Waals surface area contributed by atoms with E-state index in [2.05, 4.69) is 9.97 Å². The summed E-state index contributed by atoms with van der Waals surface area (Å²) < 4.78 is 5.56. The third-order valence-corrected chi connectivity index (χ3v) is 2.38. The molecule has 1 aromatic carbocycles. The van der Waals surface area contributed by atoms with Crippen LogP contribution in [0.1, 0.15) is 17.0 Å². The van der Waals surface area contributed by atoms with Crippen molar-refractivity contribution in [2.45, 2.75) is 13.8 Å². The van der Waals surface area contributed by atoms with Gasteiger partial charge in [0.2, 0.25) is 0 Å². The van der Waals surface area contributed by atoms with Gasteiger partial charge in [0.25, 0.3) is 0 Å². The fourth-order valence-electron chi connectivity index (χ4n) is 1.55. The Labute approximate surface area is 105 Å². The molecule has 2 aromatic rings. The van der Waals surface area contributed by atoms with E-state index in [0.717, 1.165) is 5.56 Å². The molecule has 5 heteroatoms. The topological polar surface area (TPSA) is 84.8 Å². The summed E-state index contributed by atoms with van der Waals surface area (Å²) in [6.45, 7) is 3.66. The van der Waals surface area contributed by atoms with Crippen LogP contribution in [0, 0.1) is 25.2 Å². The molecule has 0 bridgehead atoms. The second-order valence-corrected chi connectivity index (χ2v) is 3.88. The number of nitrogens with zero attached hydrogens (tertiary/aromatic N) is 3. The molecule has 0 aliphatic rings. The molecule has 1 heterocycles. The Morgan fingerprint density at radius 3 is 2.72 bits per heavy atom. The average Bonchev–Trinajstić information content (AvgIpc) is 2.33. The van der Waals surface area contributed by atoms with Crippen LogP contribution in [-0.2, 0) is 0 Å². The van der Waals surface area contributed by atoms with Gasteiger partial charge in [-0.15, -0.1) is 0 Å². The lowest BCUT2D eigenvalue weighted by molar-refractivity contribution is 0.439. The number of nitrogens with two attached hydrogens (primary N) is 1. The molecule has 18 heavy (non-hydrogen) atoms. The van der Waals surface area contributed by atoms with Crippen molar-refractivity contribution < 1.29 is 4.74 Å². The third kappa shape index (κ3) is 2.38. The molecular weight excluding hydrogens is 228 g/mol. The zero-order valence-electron chi connectivity index (χ0n) is 10.1. The minimum absolute atomic E-state index is 0.132. The Balaban J connectivity index is 2.40. The first kappa shape index (κ1) is 11.9. The largest absolute Gasteiger partial charge is 0.422 e. The number of benzene rings is 1. The number of nitrogen functional groups attached to an aromatic ring is 1. The van der Waals surface area contributed by atoms with Crippen LogP contribution in [0.3, 0.4) is 0 Å². The molecule has 0 amide bonds.